The Kier molecular flexibility index (Phi) is 5.03. The first-order chi connectivity index (χ1) is 8.49. The minimum atomic E-state index is -0.885. The monoisotopic (exact) mass is 256 g/mol. The number of carbonyl (C=O) groups excluding carboxylic acids is 1. The molecule has 100 valence electrons. The topological polar surface area (TPSA) is 133 Å². The highest BCUT2D eigenvalue weighted by Crippen LogP contribution is 2.03. The molecule has 1 rings (SSSR count). The first-order valence-corrected chi connectivity index (χ1v) is 5.51. The van der Waals surface area contributed by atoms with Gasteiger partial charge in [0.25, 0.3) is 0 Å². The van der Waals surface area contributed by atoms with Gasteiger partial charge in [0.1, 0.15) is 0 Å². The van der Waals surface area contributed by atoms with Crippen LogP contribution in [0.4, 0.5) is 4.79 Å². The Morgan fingerprint density at radius 2 is 2.11 bits per heavy atom. The largest absolute Gasteiger partial charge is 0.481 e. The zero-order valence-corrected chi connectivity index (χ0v) is 10.2. The van der Waals surface area contributed by atoms with Crippen molar-refractivity contribution in [1.29, 1.82) is 0 Å². The van der Waals surface area contributed by atoms with E-state index in [1.54, 1.807) is 13.8 Å². The van der Waals surface area contributed by atoms with Crippen molar-refractivity contribution in [3.05, 3.63) is 5.82 Å². The van der Waals surface area contributed by atoms with Gasteiger partial charge in [-0.05, 0) is 20.3 Å². The van der Waals surface area contributed by atoms with Gasteiger partial charge in [-0.2, -0.15) is 5.21 Å². The number of amides is 2. The SMILES string of the molecule is CC(CCC(=O)O)NC(=O)NC(C)c1nn[nH]n1. The molecular formula is C9H16N6O3. The number of rotatable bonds is 6. The number of carboxylic acids is 1. The van der Waals surface area contributed by atoms with E-state index in [4.69, 9.17) is 5.11 Å². The maximum Gasteiger partial charge on any atom is 0.315 e. The van der Waals surface area contributed by atoms with Crippen LogP contribution in [-0.4, -0.2) is 43.8 Å². The number of aromatic nitrogens is 4. The number of tetrazole rings is 1. The van der Waals surface area contributed by atoms with Crippen LogP contribution >= 0.6 is 0 Å². The fraction of sp³-hybridized carbons (Fsp3) is 0.667. The summed E-state index contributed by atoms with van der Waals surface area (Å²) in [5.41, 5.74) is 0. The molecule has 0 spiro atoms. The van der Waals surface area contributed by atoms with Crippen LogP contribution in [0, 0.1) is 0 Å². The predicted molar refractivity (Wildman–Crippen MR) is 60.6 cm³/mol. The summed E-state index contributed by atoms with van der Waals surface area (Å²) in [6.45, 7) is 3.45. The Balaban J connectivity index is 2.30. The summed E-state index contributed by atoms with van der Waals surface area (Å²) in [6.07, 6.45) is 0.390. The summed E-state index contributed by atoms with van der Waals surface area (Å²) in [4.78, 5) is 21.9. The molecule has 0 bridgehead atoms. The number of H-pyrrole nitrogens is 1. The summed E-state index contributed by atoms with van der Waals surface area (Å²) in [7, 11) is 0. The van der Waals surface area contributed by atoms with Crippen molar-refractivity contribution in [3.63, 3.8) is 0 Å². The lowest BCUT2D eigenvalue weighted by atomic mass is 10.2. The third kappa shape index (κ3) is 4.76. The smallest absolute Gasteiger partial charge is 0.315 e. The highest BCUT2D eigenvalue weighted by atomic mass is 16.4. The van der Waals surface area contributed by atoms with E-state index < -0.39 is 12.0 Å². The maximum absolute atomic E-state index is 11.5. The summed E-state index contributed by atoms with van der Waals surface area (Å²) in [5.74, 6) is -0.507. The van der Waals surface area contributed by atoms with Crippen molar-refractivity contribution in [2.24, 2.45) is 0 Å². The molecule has 1 aromatic rings. The van der Waals surface area contributed by atoms with Gasteiger partial charge >= 0.3 is 12.0 Å². The molecule has 0 aliphatic rings. The van der Waals surface area contributed by atoms with Gasteiger partial charge in [0, 0.05) is 12.5 Å². The Labute approximate surface area is 103 Å². The van der Waals surface area contributed by atoms with Gasteiger partial charge in [0.2, 0.25) is 0 Å². The number of carboxylic acid groups (broad SMARTS) is 1. The van der Waals surface area contributed by atoms with Crippen LogP contribution in [0.25, 0.3) is 0 Å². The lowest BCUT2D eigenvalue weighted by Crippen LogP contribution is -2.42. The first kappa shape index (κ1) is 13.9. The molecule has 9 nitrogen and oxygen atoms in total. The molecular weight excluding hydrogens is 240 g/mol. The number of hydrogen-bond donors (Lipinski definition) is 4. The second kappa shape index (κ2) is 6.52. The zero-order chi connectivity index (χ0) is 13.5. The molecule has 1 aromatic heterocycles. The summed E-state index contributed by atoms with van der Waals surface area (Å²) in [6, 6.07) is -1.00. The fourth-order valence-corrected chi connectivity index (χ4v) is 1.29. The normalized spacial score (nSPS) is 13.7. The van der Waals surface area contributed by atoms with Crippen molar-refractivity contribution >= 4 is 12.0 Å². The van der Waals surface area contributed by atoms with E-state index in [1.807, 2.05) is 0 Å². The van der Waals surface area contributed by atoms with Gasteiger partial charge in [0.15, 0.2) is 5.82 Å². The molecule has 0 saturated carbocycles. The highest BCUT2D eigenvalue weighted by Gasteiger charge is 2.15. The van der Waals surface area contributed by atoms with Crippen molar-refractivity contribution in [1.82, 2.24) is 31.3 Å². The van der Waals surface area contributed by atoms with Crippen LogP contribution in [0.3, 0.4) is 0 Å². The molecule has 0 saturated heterocycles. The average Bonchev–Trinajstić information content (AvgIpc) is 2.79. The van der Waals surface area contributed by atoms with Gasteiger partial charge in [0.05, 0.1) is 6.04 Å². The van der Waals surface area contributed by atoms with E-state index in [0.717, 1.165) is 0 Å². The lowest BCUT2D eigenvalue weighted by Gasteiger charge is -2.15. The van der Waals surface area contributed by atoms with Gasteiger partial charge in [-0.15, -0.1) is 10.2 Å². The number of carbonyl (C=O) groups is 2. The summed E-state index contributed by atoms with van der Waals surface area (Å²) in [5, 5.41) is 26.9. The second-order valence-corrected chi connectivity index (χ2v) is 3.94. The van der Waals surface area contributed by atoms with Gasteiger partial charge in [-0.1, -0.05) is 5.21 Å². The fourth-order valence-electron chi connectivity index (χ4n) is 1.29. The molecule has 4 N–H and O–H groups in total. The van der Waals surface area contributed by atoms with Gasteiger partial charge in [-0.25, -0.2) is 4.79 Å². The molecule has 0 aliphatic heterocycles. The minimum absolute atomic E-state index is 0.0157. The van der Waals surface area contributed by atoms with E-state index in [-0.39, 0.29) is 18.5 Å². The van der Waals surface area contributed by atoms with Crippen LogP contribution in [-0.2, 0) is 4.79 Å². The van der Waals surface area contributed by atoms with Crippen molar-refractivity contribution < 1.29 is 14.7 Å². The number of nitrogens with one attached hydrogen (secondary N) is 3. The third-order valence-electron chi connectivity index (χ3n) is 2.27. The average molecular weight is 256 g/mol. The van der Waals surface area contributed by atoms with E-state index in [1.165, 1.54) is 0 Å². The Morgan fingerprint density at radius 3 is 2.67 bits per heavy atom. The van der Waals surface area contributed by atoms with E-state index in [9.17, 15) is 9.59 Å². The number of aromatic amines is 1. The maximum atomic E-state index is 11.5. The van der Waals surface area contributed by atoms with Crippen molar-refractivity contribution in [2.45, 2.75) is 38.8 Å². The number of nitrogens with zero attached hydrogens (tertiary/aromatic N) is 3. The molecule has 0 radical (unpaired) electrons. The molecule has 9 heteroatoms. The number of aliphatic carboxylic acids is 1. The predicted octanol–water partition coefficient (Wildman–Crippen LogP) is -0.187. The van der Waals surface area contributed by atoms with Crippen LogP contribution in [0.1, 0.15) is 38.6 Å². The second-order valence-electron chi connectivity index (χ2n) is 3.94. The highest BCUT2D eigenvalue weighted by molar-refractivity contribution is 5.74. The summed E-state index contributed by atoms with van der Waals surface area (Å²) < 4.78 is 0. The molecule has 0 aromatic carbocycles. The molecule has 2 atom stereocenters. The molecule has 18 heavy (non-hydrogen) atoms. The Morgan fingerprint density at radius 1 is 1.39 bits per heavy atom. The van der Waals surface area contributed by atoms with Gasteiger partial charge < -0.3 is 15.7 Å². The van der Waals surface area contributed by atoms with Crippen molar-refractivity contribution in [3.8, 4) is 0 Å². The summed E-state index contributed by atoms with van der Waals surface area (Å²) >= 11 is 0. The van der Waals surface area contributed by atoms with Crippen LogP contribution in [0.5, 0.6) is 0 Å². The lowest BCUT2D eigenvalue weighted by molar-refractivity contribution is -0.137. The van der Waals surface area contributed by atoms with Crippen LogP contribution in [0.15, 0.2) is 0 Å². The zero-order valence-electron chi connectivity index (χ0n) is 10.2. The van der Waals surface area contributed by atoms with Gasteiger partial charge in [-0.3, -0.25) is 4.79 Å². The number of hydrogen-bond acceptors (Lipinski definition) is 5. The quantitative estimate of drug-likeness (QED) is 0.557. The van der Waals surface area contributed by atoms with Crippen LogP contribution < -0.4 is 10.6 Å². The molecule has 2 amide bonds. The Hall–Kier alpha value is -2.19. The van der Waals surface area contributed by atoms with Crippen molar-refractivity contribution in [2.75, 3.05) is 0 Å². The van der Waals surface area contributed by atoms with Crippen LogP contribution in [0.2, 0.25) is 0 Å². The molecule has 0 aliphatic carbocycles. The van der Waals surface area contributed by atoms with E-state index in [0.29, 0.717) is 12.2 Å². The third-order valence-corrected chi connectivity index (χ3v) is 2.27. The standard InChI is InChI=1S/C9H16N6O3/c1-5(3-4-7(16)17)10-9(18)11-6(2)8-12-14-15-13-8/h5-6H,3-4H2,1-2H3,(H,16,17)(H2,10,11,18)(H,12,13,14,15). The van der Waals surface area contributed by atoms with E-state index >= 15 is 0 Å². The first-order valence-electron chi connectivity index (χ1n) is 5.51. The molecule has 0 fully saturated rings. The Bertz CT molecular complexity index is 393. The number of urea groups is 1. The minimum Gasteiger partial charge on any atom is -0.481 e. The molecule has 1 heterocycles. The molecule has 2 unspecified atom stereocenters. The van der Waals surface area contributed by atoms with E-state index in [2.05, 4.69) is 31.3 Å².